The van der Waals surface area contributed by atoms with Crippen LogP contribution in [0, 0.1) is 11.8 Å². The standard InChI is InChI=1S/C48H58O9/c1-3-29-24-38(30-11-9-12-33(49)22-30)31(25-42(29)50)21-32-23-37(56-35-15-7-8-16-35)27-40-46(51)41(28-54-48(32)40)45-44(17-10-20-53-2)57-43-19-18-36(26-39(43)47(45)52)55-34-13-5-4-6-14-34/h9,11-12,18-19,22-27,34-35,41,44-47,49-52H,3-8,10,13-17,20-21,28H2,1-2H3/t41-,44-,45-,46-,47+/m1/s1. The highest BCUT2D eigenvalue weighted by Gasteiger charge is 2.47. The zero-order chi connectivity index (χ0) is 39.5. The van der Waals surface area contributed by atoms with Gasteiger partial charge in [0.1, 0.15) is 40.6 Å². The topological polar surface area (TPSA) is 127 Å². The van der Waals surface area contributed by atoms with Crippen molar-refractivity contribution in [3.05, 3.63) is 94.5 Å². The number of benzene rings is 4. The third kappa shape index (κ3) is 8.57. The van der Waals surface area contributed by atoms with E-state index < -0.39 is 24.0 Å². The van der Waals surface area contributed by atoms with E-state index in [1.165, 1.54) is 6.42 Å². The molecule has 0 unspecified atom stereocenters. The molecule has 9 heteroatoms. The van der Waals surface area contributed by atoms with E-state index in [1.807, 2.05) is 55.5 Å². The number of phenolic OH excluding ortho intramolecular Hbond substituents is 2. The Balaban J connectivity index is 1.15. The number of aliphatic hydroxyl groups excluding tert-OH is 2. The molecule has 5 atom stereocenters. The molecule has 2 fully saturated rings. The lowest BCUT2D eigenvalue weighted by Gasteiger charge is -2.45. The molecule has 0 saturated heterocycles. The normalized spacial score (nSPS) is 23.6. The number of aromatic hydroxyl groups is 2. The van der Waals surface area contributed by atoms with Gasteiger partial charge in [-0.15, -0.1) is 0 Å². The Morgan fingerprint density at radius 1 is 0.737 bits per heavy atom. The predicted molar refractivity (Wildman–Crippen MR) is 219 cm³/mol. The first-order chi connectivity index (χ1) is 27.8. The van der Waals surface area contributed by atoms with Crippen LogP contribution in [0.15, 0.2) is 66.7 Å². The number of hydrogen-bond donors (Lipinski definition) is 4. The van der Waals surface area contributed by atoms with E-state index in [4.69, 9.17) is 23.7 Å². The molecule has 0 bridgehead atoms. The van der Waals surface area contributed by atoms with E-state index in [9.17, 15) is 20.4 Å². The van der Waals surface area contributed by atoms with Gasteiger partial charge in [0, 0.05) is 48.7 Å². The van der Waals surface area contributed by atoms with Crippen molar-refractivity contribution in [1.82, 2.24) is 0 Å². The van der Waals surface area contributed by atoms with Crippen molar-refractivity contribution in [2.24, 2.45) is 11.8 Å². The van der Waals surface area contributed by atoms with E-state index in [0.29, 0.717) is 54.2 Å². The molecule has 304 valence electrons. The summed E-state index contributed by atoms with van der Waals surface area (Å²) >= 11 is 0. The smallest absolute Gasteiger partial charge is 0.128 e. The molecule has 0 spiro atoms. The van der Waals surface area contributed by atoms with Crippen LogP contribution in [0.1, 0.15) is 118 Å². The van der Waals surface area contributed by atoms with E-state index in [0.717, 1.165) is 91.4 Å². The number of rotatable bonds is 13. The maximum atomic E-state index is 12.5. The SMILES string of the molecule is CCc1cc(-c2cccc(O)c2)c(Cc2cc(OC3CCCC3)cc3c2OC[C@H]([C@@H]2[C@@H](CCCOC)Oc4ccc(OC5CCCCC5)cc4[C@@H]2O)[C@@H]3O)cc1O. The van der Waals surface area contributed by atoms with Gasteiger partial charge >= 0.3 is 0 Å². The maximum Gasteiger partial charge on any atom is 0.128 e. The number of aryl methyl sites for hydroxylation is 1. The lowest BCUT2D eigenvalue weighted by atomic mass is 9.72. The van der Waals surface area contributed by atoms with Crippen LogP contribution in [0.2, 0.25) is 0 Å². The largest absolute Gasteiger partial charge is 0.508 e. The summed E-state index contributed by atoms with van der Waals surface area (Å²) in [6.07, 6.45) is 10.2. The van der Waals surface area contributed by atoms with Gasteiger partial charge in [-0.2, -0.15) is 0 Å². The molecule has 0 amide bonds. The van der Waals surface area contributed by atoms with E-state index in [1.54, 1.807) is 25.3 Å². The molecule has 8 rings (SSSR count). The van der Waals surface area contributed by atoms with Gasteiger partial charge < -0.3 is 44.1 Å². The molecule has 2 saturated carbocycles. The molecule has 9 nitrogen and oxygen atoms in total. The van der Waals surface area contributed by atoms with Crippen LogP contribution in [-0.4, -0.2) is 59.1 Å². The van der Waals surface area contributed by atoms with Crippen LogP contribution in [0.5, 0.6) is 34.5 Å². The van der Waals surface area contributed by atoms with Crippen LogP contribution in [0.3, 0.4) is 0 Å². The van der Waals surface area contributed by atoms with Gasteiger partial charge in [0.15, 0.2) is 0 Å². The summed E-state index contributed by atoms with van der Waals surface area (Å²) in [7, 11) is 1.68. The van der Waals surface area contributed by atoms with E-state index >= 15 is 0 Å². The highest BCUT2D eigenvalue weighted by molar-refractivity contribution is 5.72. The molecule has 2 heterocycles. The fourth-order valence-electron chi connectivity index (χ4n) is 9.71. The highest BCUT2D eigenvalue weighted by atomic mass is 16.5. The van der Waals surface area contributed by atoms with Crippen LogP contribution >= 0.6 is 0 Å². The van der Waals surface area contributed by atoms with Crippen molar-refractivity contribution >= 4 is 0 Å². The average molecular weight is 779 g/mol. The number of fused-ring (bicyclic) bond motifs is 2. The Kier molecular flexibility index (Phi) is 12.2. The Labute approximate surface area is 336 Å². The van der Waals surface area contributed by atoms with Crippen LogP contribution < -0.4 is 18.9 Å². The van der Waals surface area contributed by atoms with Crippen LogP contribution in [0.25, 0.3) is 11.1 Å². The molecule has 4 N–H and O–H groups in total. The first-order valence-corrected chi connectivity index (χ1v) is 21.2. The molecule has 4 aromatic rings. The third-order valence-corrected chi connectivity index (χ3v) is 12.7. The lowest BCUT2D eigenvalue weighted by Crippen LogP contribution is -2.46. The van der Waals surface area contributed by atoms with Gasteiger partial charge in [0.05, 0.1) is 31.0 Å². The summed E-state index contributed by atoms with van der Waals surface area (Å²) < 4.78 is 31.9. The minimum atomic E-state index is -0.988. The van der Waals surface area contributed by atoms with E-state index in [-0.39, 0.29) is 36.4 Å². The van der Waals surface area contributed by atoms with Crippen molar-refractivity contribution in [3.63, 3.8) is 0 Å². The minimum Gasteiger partial charge on any atom is -0.508 e. The maximum absolute atomic E-state index is 12.5. The fraction of sp³-hybridized carbons (Fsp3) is 0.500. The lowest BCUT2D eigenvalue weighted by molar-refractivity contribution is -0.0890. The second kappa shape index (κ2) is 17.6. The van der Waals surface area contributed by atoms with Gasteiger partial charge in [-0.3, -0.25) is 0 Å². The zero-order valence-corrected chi connectivity index (χ0v) is 33.3. The number of methoxy groups -OCH3 is 1. The second-order valence-corrected chi connectivity index (χ2v) is 16.6. The van der Waals surface area contributed by atoms with Crippen LogP contribution in [-0.2, 0) is 17.6 Å². The van der Waals surface area contributed by atoms with Crippen molar-refractivity contribution in [1.29, 1.82) is 0 Å². The van der Waals surface area contributed by atoms with Gasteiger partial charge in [0.2, 0.25) is 0 Å². The second-order valence-electron chi connectivity index (χ2n) is 16.6. The van der Waals surface area contributed by atoms with Crippen molar-refractivity contribution in [3.8, 4) is 45.6 Å². The van der Waals surface area contributed by atoms with E-state index in [2.05, 4.69) is 0 Å². The summed E-state index contributed by atoms with van der Waals surface area (Å²) in [5.41, 5.74) is 5.53. The van der Waals surface area contributed by atoms with Crippen molar-refractivity contribution < 1.29 is 44.1 Å². The molecule has 0 aromatic heterocycles. The van der Waals surface area contributed by atoms with Crippen molar-refractivity contribution in [2.45, 2.75) is 121 Å². The molecule has 4 aromatic carbocycles. The van der Waals surface area contributed by atoms with Gasteiger partial charge in [-0.1, -0.05) is 25.5 Å². The molecule has 57 heavy (non-hydrogen) atoms. The summed E-state index contributed by atoms with van der Waals surface area (Å²) in [6, 6.07) is 20.7. The molecule has 4 aliphatic rings. The molecule has 0 radical (unpaired) electrons. The number of ether oxygens (including phenoxy) is 5. The third-order valence-electron chi connectivity index (χ3n) is 12.7. The Morgan fingerprint density at radius 3 is 2.21 bits per heavy atom. The number of hydrogen-bond acceptors (Lipinski definition) is 9. The van der Waals surface area contributed by atoms with Crippen LogP contribution in [0.4, 0.5) is 0 Å². The van der Waals surface area contributed by atoms with Gasteiger partial charge in [-0.05, 0) is 147 Å². The van der Waals surface area contributed by atoms with Gasteiger partial charge in [-0.25, -0.2) is 0 Å². The Bertz CT molecular complexity index is 2000. The first kappa shape index (κ1) is 39.4. The Hall–Kier alpha value is -4.44. The molecule has 2 aliphatic heterocycles. The number of phenols is 2. The summed E-state index contributed by atoms with van der Waals surface area (Å²) in [5.74, 6) is 2.01. The first-order valence-electron chi connectivity index (χ1n) is 21.2. The van der Waals surface area contributed by atoms with Gasteiger partial charge in [0.25, 0.3) is 0 Å². The Morgan fingerprint density at radius 2 is 1.47 bits per heavy atom. The highest BCUT2D eigenvalue weighted by Crippen LogP contribution is 2.52. The quantitative estimate of drug-likeness (QED) is 0.0982. The predicted octanol–water partition coefficient (Wildman–Crippen LogP) is 9.53. The molecular formula is C48H58O9. The molecular weight excluding hydrogens is 721 g/mol. The number of aliphatic hydroxyl groups is 2. The monoisotopic (exact) mass is 778 g/mol. The minimum absolute atomic E-state index is 0.0874. The average Bonchev–Trinajstić information content (AvgIpc) is 3.73. The summed E-state index contributed by atoms with van der Waals surface area (Å²) in [5, 5.41) is 46.4. The fourth-order valence-corrected chi connectivity index (χ4v) is 9.71. The van der Waals surface area contributed by atoms with Crippen molar-refractivity contribution in [2.75, 3.05) is 20.3 Å². The summed E-state index contributed by atoms with van der Waals surface area (Å²) in [6.45, 7) is 2.73. The zero-order valence-electron chi connectivity index (χ0n) is 33.3. The molecule has 2 aliphatic carbocycles. The summed E-state index contributed by atoms with van der Waals surface area (Å²) in [4.78, 5) is 0.